The summed E-state index contributed by atoms with van der Waals surface area (Å²) in [6.07, 6.45) is 4.25. The highest BCUT2D eigenvalue weighted by Gasteiger charge is 2.03. The summed E-state index contributed by atoms with van der Waals surface area (Å²) < 4.78 is 7.44. The van der Waals surface area contributed by atoms with Crippen LogP contribution in [0.5, 0.6) is 5.75 Å². The van der Waals surface area contributed by atoms with E-state index in [1.54, 1.807) is 7.11 Å². The molecule has 4 heteroatoms. The highest BCUT2D eigenvalue weighted by atomic mass is 16.5. The summed E-state index contributed by atoms with van der Waals surface area (Å²) in [6.45, 7) is 7.95. The molecule has 0 unspecified atom stereocenters. The number of aryl methyl sites for hydroxylation is 1. The van der Waals surface area contributed by atoms with Gasteiger partial charge in [-0.25, -0.2) is 0 Å². The van der Waals surface area contributed by atoms with E-state index in [0.717, 1.165) is 30.2 Å². The fourth-order valence-electron chi connectivity index (χ4n) is 2.10. The maximum Gasteiger partial charge on any atom is 0.122 e. The molecule has 1 N–H and O–H groups in total. The van der Waals surface area contributed by atoms with E-state index in [1.807, 2.05) is 19.1 Å². The first kappa shape index (κ1) is 14.6. The highest BCUT2D eigenvalue weighted by molar-refractivity contribution is 5.27. The van der Waals surface area contributed by atoms with Gasteiger partial charge in [-0.05, 0) is 18.6 Å². The lowest BCUT2D eigenvalue weighted by Gasteiger charge is -2.07. The second kappa shape index (κ2) is 6.57. The van der Waals surface area contributed by atoms with Gasteiger partial charge < -0.3 is 14.6 Å². The van der Waals surface area contributed by atoms with Gasteiger partial charge in [-0.2, -0.15) is 0 Å². The zero-order chi connectivity index (χ0) is 14.5. The van der Waals surface area contributed by atoms with E-state index in [2.05, 4.69) is 47.2 Å². The van der Waals surface area contributed by atoms with Gasteiger partial charge in [0.1, 0.15) is 5.75 Å². The van der Waals surface area contributed by atoms with Gasteiger partial charge in [0, 0.05) is 42.8 Å². The van der Waals surface area contributed by atoms with Gasteiger partial charge in [-0.1, -0.05) is 13.8 Å². The van der Waals surface area contributed by atoms with Crippen molar-refractivity contribution in [2.24, 2.45) is 0 Å². The van der Waals surface area contributed by atoms with E-state index in [9.17, 15) is 0 Å². The predicted octanol–water partition coefficient (Wildman–Crippen LogP) is 2.75. The topological polar surface area (TPSA) is 39.1 Å². The van der Waals surface area contributed by atoms with Crippen LogP contribution in [0.4, 0.5) is 0 Å². The molecule has 108 valence electrons. The number of ether oxygens (including phenoxy) is 1. The Kier molecular flexibility index (Phi) is 4.79. The first-order valence-corrected chi connectivity index (χ1v) is 6.96. The second-order valence-corrected chi connectivity index (χ2v) is 5.37. The Morgan fingerprint density at radius 1 is 1.35 bits per heavy atom. The Labute approximate surface area is 120 Å². The zero-order valence-electron chi connectivity index (χ0n) is 12.7. The zero-order valence-corrected chi connectivity index (χ0v) is 12.7. The molecule has 0 aliphatic rings. The van der Waals surface area contributed by atoms with Crippen LogP contribution in [0.1, 0.15) is 30.8 Å². The first-order valence-electron chi connectivity index (χ1n) is 6.96. The van der Waals surface area contributed by atoms with Crippen LogP contribution >= 0.6 is 0 Å². The van der Waals surface area contributed by atoms with E-state index >= 15 is 0 Å². The average molecular weight is 273 g/mol. The van der Waals surface area contributed by atoms with Gasteiger partial charge in [0.2, 0.25) is 0 Å². The van der Waals surface area contributed by atoms with Crippen molar-refractivity contribution in [3.05, 3.63) is 47.5 Å². The van der Waals surface area contributed by atoms with Crippen molar-refractivity contribution in [1.29, 1.82) is 0 Å². The minimum atomic E-state index is 0.501. The van der Waals surface area contributed by atoms with E-state index in [0.29, 0.717) is 6.04 Å². The lowest BCUT2D eigenvalue weighted by atomic mass is 10.3. The average Bonchev–Trinajstić information content (AvgIpc) is 2.83. The molecule has 0 bridgehead atoms. The lowest BCUT2D eigenvalue weighted by molar-refractivity contribution is 0.413. The number of pyridine rings is 1. The standard InChI is InChI=1S/C16H23N3O/c1-12(2)17-9-14-5-6-19(10-14)11-15-8-16(20-4)7-13(3)18-15/h5-8,10,12,17H,9,11H2,1-4H3. The number of nitrogens with one attached hydrogen (secondary N) is 1. The van der Waals surface area contributed by atoms with Crippen molar-refractivity contribution in [1.82, 2.24) is 14.9 Å². The summed E-state index contributed by atoms with van der Waals surface area (Å²) in [5, 5.41) is 3.42. The van der Waals surface area contributed by atoms with Gasteiger partial charge in [0.25, 0.3) is 0 Å². The number of methoxy groups -OCH3 is 1. The molecular weight excluding hydrogens is 250 g/mol. The summed E-state index contributed by atoms with van der Waals surface area (Å²) >= 11 is 0. The molecule has 0 aliphatic heterocycles. The van der Waals surface area contributed by atoms with E-state index in [1.165, 1.54) is 5.56 Å². The van der Waals surface area contributed by atoms with E-state index in [4.69, 9.17) is 4.74 Å². The Morgan fingerprint density at radius 2 is 2.15 bits per heavy atom. The minimum Gasteiger partial charge on any atom is -0.497 e. The molecule has 2 heterocycles. The van der Waals surface area contributed by atoms with Crippen LogP contribution in [0.2, 0.25) is 0 Å². The maximum atomic E-state index is 5.28. The Balaban J connectivity index is 2.04. The fraction of sp³-hybridized carbons (Fsp3) is 0.438. The minimum absolute atomic E-state index is 0.501. The third-order valence-electron chi connectivity index (χ3n) is 3.09. The normalized spacial score (nSPS) is 11.1. The molecule has 0 aliphatic carbocycles. The lowest BCUT2D eigenvalue weighted by Crippen LogP contribution is -2.21. The molecular formula is C16H23N3O. The van der Waals surface area contributed by atoms with Crippen LogP contribution in [0.3, 0.4) is 0 Å². The van der Waals surface area contributed by atoms with Crippen molar-refractivity contribution < 1.29 is 4.74 Å². The molecule has 0 amide bonds. The molecule has 0 spiro atoms. The van der Waals surface area contributed by atoms with Crippen LogP contribution in [-0.4, -0.2) is 22.7 Å². The molecule has 0 fully saturated rings. The molecule has 0 saturated heterocycles. The maximum absolute atomic E-state index is 5.28. The third kappa shape index (κ3) is 4.10. The number of rotatable bonds is 6. The Morgan fingerprint density at radius 3 is 2.85 bits per heavy atom. The second-order valence-electron chi connectivity index (χ2n) is 5.37. The fourth-order valence-corrected chi connectivity index (χ4v) is 2.10. The van der Waals surface area contributed by atoms with Gasteiger partial charge >= 0.3 is 0 Å². The summed E-state index contributed by atoms with van der Waals surface area (Å²) in [4.78, 5) is 4.54. The molecule has 0 radical (unpaired) electrons. The van der Waals surface area contributed by atoms with Crippen LogP contribution in [-0.2, 0) is 13.1 Å². The van der Waals surface area contributed by atoms with Gasteiger partial charge in [0.05, 0.1) is 19.3 Å². The van der Waals surface area contributed by atoms with Gasteiger partial charge in [0.15, 0.2) is 0 Å². The molecule has 4 nitrogen and oxygen atoms in total. The summed E-state index contributed by atoms with van der Waals surface area (Å²) in [7, 11) is 1.68. The van der Waals surface area contributed by atoms with Crippen LogP contribution in [0.15, 0.2) is 30.6 Å². The van der Waals surface area contributed by atoms with Crippen molar-refractivity contribution in [2.75, 3.05) is 7.11 Å². The first-order chi connectivity index (χ1) is 9.56. The van der Waals surface area contributed by atoms with Crippen molar-refractivity contribution in [3.63, 3.8) is 0 Å². The molecule has 0 saturated carbocycles. The molecule has 2 aromatic rings. The third-order valence-corrected chi connectivity index (χ3v) is 3.09. The van der Waals surface area contributed by atoms with Crippen molar-refractivity contribution in [3.8, 4) is 5.75 Å². The largest absolute Gasteiger partial charge is 0.497 e. The Hall–Kier alpha value is -1.81. The van der Waals surface area contributed by atoms with Gasteiger partial charge in [-0.3, -0.25) is 4.98 Å². The van der Waals surface area contributed by atoms with Crippen molar-refractivity contribution in [2.45, 2.75) is 39.9 Å². The summed E-state index contributed by atoms with van der Waals surface area (Å²) in [5.74, 6) is 0.862. The predicted molar refractivity (Wildman–Crippen MR) is 81.0 cm³/mol. The quantitative estimate of drug-likeness (QED) is 0.879. The van der Waals surface area contributed by atoms with Crippen LogP contribution in [0.25, 0.3) is 0 Å². The van der Waals surface area contributed by atoms with E-state index in [-0.39, 0.29) is 0 Å². The molecule has 0 aromatic carbocycles. The number of aromatic nitrogens is 2. The number of hydrogen-bond donors (Lipinski definition) is 1. The molecule has 2 rings (SSSR count). The number of nitrogens with zero attached hydrogens (tertiary/aromatic N) is 2. The monoisotopic (exact) mass is 273 g/mol. The molecule has 2 aromatic heterocycles. The molecule has 20 heavy (non-hydrogen) atoms. The molecule has 0 atom stereocenters. The summed E-state index contributed by atoms with van der Waals surface area (Å²) in [5.41, 5.74) is 3.28. The SMILES string of the molecule is COc1cc(C)nc(Cn2ccc(CNC(C)C)c2)c1. The van der Waals surface area contributed by atoms with Crippen LogP contribution in [0, 0.1) is 6.92 Å². The van der Waals surface area contributed by atoms with Crippen molar-refractivity contribution >= 4 is 0 Å². The highest BCUT2D eigenvalue weighted by Crippen LogP contribution is 2.14. The van der Waals surface area contributed by atoms with E-state index < -0.39 is 0 Å². The summed E-state index contributed by atoms with van der Waals surface area (Å²) in [6, 6.07) is 6.57. The van der Waals surface area contributed by atoms with Gasteiger partial charge in [-0.15, -0.1) is 0 Å². The smallest absolute Gasteiger partial charge is 0.122 e. The Bertz CT molecular complexity index is 561. The van der Waals surface area contributed by atoms with Crippen LogP contribution < -0.4 is 10.1 Å². The number of hydrogen-bond acceptors (Lipinski definition) is 3.